The zero-order valence-electron chi connectivity index (χ0n) is 10.4. The minimum Gasteiger partial charge on any atom is -0.368 e. The summed E-state index contributed by atoms with van der Waals surface area (Å²) in [6.45, 7) is 1.98. The van der Waals surface area contributed by atoms with Gasteiger partial charge in [-0.15, -0.1) is 11.3 Å². The van der Waals surface area contributed by atoms with Crippen LogP contribution in [0.5, 0.6) is 0 Å². The summed E-state index contributed by atoms with van der Waals surface area (Å²) in [5.41, 5.74) is 6.03. The standard InChI is InChI=1S/C13H10BrFN4S/c1-6-4-8-11(18-13(16)19-12(8)20-6)17-10-5-7(14)2-3-9(10)15/h2-5H,1H3,(H3,16,17,18,19). The van der Waals surface area contributed by atoms with Crippen molar-refractivity contribution in [2.24, 2.45) is 0 Å². The number of anilines is 3. The van der Waals surface area contributed by atoms with Crippen LogP contribution in [-0.4, -0.2) is 9.97 Å². The highest BCUT2D eigenvalue weighted by molar-refractivity contribution is 9.10. The summed E-state index contributed by atoms with van der Waals surface area (Å²) in [7, 11) is 0. The fourth-order valence-corrected chi connectivity index (χ4v) is 3.12. The van der Waals surface area contributed by atoms with E-state index in [0.717, 1.165) is 19.6 Å². The summed E-state index contributed by atoms with van der Waals surface area (Å²) in [5.74, 6) is 0.316. The molecule has 0 radical (unpaired) electrons. The molecule has 2 aromatic heterocycles. The van der Waals surface area contributed by atoms with E-state index >= 15 is 0 Å². The number of nitrogen functional groups attached to an aromatic ring is 1. The molecule has 0 unspecified atom stereocenters. The Hall–Kier alpha value is -1.73. The molecular formula is C13H10BrFN4S. The van der Waals surface area contributed by atoms with Crippen molar-refractivity contribution in [3.8, 4) is 0 Å². The van der Waals surface area contributed by atoms with E-state index < -0.39 is 0 Å². The Bertz CT molecular complexity index is 802. The van der Waals surface area contributed by atoms with Crippen molar-refractivity contribution < 1.29 is 4.39 Å². The van der Waals surface area contributed by atoms with Gasteiger partial charge in [0.05, 0.1) is 11.1 Å². The predicted octanol–water partition coefficient (Wildman–Crippen LogP) is 4.23. The van der Waals surface area contributed by atoms with E-state index in [9.17, 15) is 4.39 Å². The number of fused-ring (bicyclic) bond motifs is 1. The van der Waals surface area contributed by atoms with Gasteiger partial charge in [0.1, 0.15) is 16.5 Å². The van der Waals surface area contributed by atoms with Crippen molar-refractivity contribution in [1.29, 1.82) is 0 Å². The zero-order chi connectivity index (χ0) is 14.3. The van der Waals surface area contributed by atoms with Crippen LogP contribution in [0.4, 0.5) is 21.8 Å². The second kappa shape index (κ2) is 4.99. The van der Waals surface area contributed by atoms with Gasteiger partial charge in [0.15, 0.2) is 0 Å². The topological polar surface area (TPSA) is 63.8 Å². The van der Waals surface area contributed by atoms with E-state index in [4.69, 9.17) is 5.73 Å². The summed E-state index contributed by atoms with van der Waals surface area (Å²) in [4.78, 5) is 10.2. The maximum Gasteiger partial charge on any atom is 0.223 e. The monoisotopic (exact) mass is 352 g/mol. The smallest absolute Gasteiger partial charge is 0.223 e. The van der Waals surface area contributed by atoms with Gasteiger partial charge in [-0.3, -0.25) is 0 Å². The first kappa shape index (κ1) is 13.3. The summed E-state index contributed by atoms with van der Waals surface area (Å²) in [5, 5.41) is 3.82. The van der Waals surface area contributed by atoms with Gasteiger partial charge in [-0.25, -0.2) is 9.37 Å². The average molecular weight is 353 g/mol. The van der Waals surface area contributed by atoms with Crippen molar-refractivity contribution in [3.63, 3.8) is 0 Å². The van der Waals surface area contributed by atoms with E-state index in [2.05, 4.69) is 31.2 Å². The minimum absolute atomic E-state index is 0.164. The lowest BCUT2D eigenvalue weighted by molar-refractivity contribution is 0.631. The number of thiophene rings is 1. The molecule has 0 atom stereocenters. The SMILES string of the molecule is Cc1cc2c(Nc3cc(Br)ccc3F)nc(N)nc2s1. The molecule has 0 aliphatic heterocycles. The van der Waals surface area contributed by atoms with Gasteiger partial charge in [0.25, 0.3) is 0 Å². The van der Waals surface area contributed by atoms with Crippen molar-refractivity contribution in [1.82, 2.24) is 9.97 Å². The van der Waals surface area contributed by atoms with Crippen molar-refractivity contribution in [2.75, 3.05) is 11.1 Å². The zero-order valence-corrected chi connectivity index (χ0v) is 12.8. The fraction of sp³-hybridized carbons (Fsp3) is 0.0769. The molecule has 0 bridgehead atoms. The Morgan fingerprint density at radius 2 is 2.10 bits per heavy atom. The number of nitrogens with two attached hydrogens (primary N) is 1. The van der Waals surface area contributed by atoms with Gasteiger partial charge in [-0.1, -0.05) is 15.9 Å². The number of aromatic nitrogens is 2. The molecule has 3 aromatic rings. The molecule has 0 amide bonds. The summed E-state index contributed by atoms with van der Waals surface area (Å²) in [6, 6.07) is 6.63. The summed E-state index contributed by atoms with van der Waals surface area (Å²) >= 11 is 4.84. The second-order valence-electron chi connectivity index (χ2n) is 4.26. The molecule has 0 saturated carbocycles. The third-order valence-corrected chi connectivity index (χ3v) is 4.15. The van der Waals surface area contributed by atoms with Crippen LogP contribution < -0.4 is 11.1 Å². The van der Waals surface area contributed by atoms with Gasteiger partial charge in [0, 0.05) is 9.35 Å². The number of halogens is 2. The molecule has 1 aromatic carbocycles. The third kappa shape index (κ3) is 2.46. The molecule has 7 heteroatoms. The van der Waals surface area contributed by atoms with Crippen molar-refractivity contribution >= 4 is 54.9 Å². The molecule has 0 saturated heterocycles. The van der Waals surface area contributed by atoms with E-state index in [1.165, 1.54) is 17.4 Å². The lowest BCUT2D eigenvalue weighted by atomic mass is 10.3. The molecule has 2 heterocycles. The van der Waals surface area contributed by atoms with E-state index in [1.54, 1.807) is 12.1 Å². The normalized spacial score (nSPS) is 10.9. The molecule has 3 rings (SSSR count). The number of rotatable bonds is 2. The highest BCUT2D eigenvalue weighted by atomic mass is 79.9. The first-order chi connectivity index (χ1) is 9.52. The highest BCUT2D eigenvalue weighted by Gasteiger charge is 2.11. The largest absolute Gasteiger partial charge is 0.368 e. The summed E-state index contributed by atoms with van der Waals surface area (Å²) < 4.78 is 14.6. The maximum atomic E-state index is 13.8. The van der Waals surface area contributed by atoms with Crippen LogP contribution in [0.25, 0.3) is 10.2 Å². The molecule has 3 N–H and O–H groups in total. The van der Waals surface area contributed by atoms with Crippen LogP contribution in [0.3, 0.4) is 0 Å². The lowest BCUT2D eigenvalue weighted by Crippen LogP contribution is -2.01. The third-order valence-electron chi connectivity index (χ3n) is 2.71. The number of nitrogens with zero attached hydrogens (tertiary/aromatic N) is 2. The van der Waals surface area contributed by atoms with E-state index in [-0.39, 0.29) is 11.8 Å². The summed E-state index contributed by atoms with van der Waals surface area (Å²) in [6.07, 6.45) is 0. The minimum atomic E-state index is -0.356. The quantitative estimate of drug-likeness (QED) is 0.724. The Balaban J connectivity index is 2.12. The number of aryl methyl sites for hydroxylation is 1. The number of benzene rings is 1. The van der Waals surface area contributed by atoms with Gasteiger partial charge >= 0.3 is 0 Å². The van der Waals surface area contributed by atoms with Gasteiger partial charge in [-0.05, 0) is 31.2 Å². The van der Waals surface area contributed by atoms with Crippen LogP contribution in [0.15, 0.2) is 28.7 Å². The molecule has 102 valence electrons. The predicted molar refractivity (Wildman–Crippen MR) is 83.9 cm³/mol. The van der Waals surface area contributed by atoms with Crippen LogP contribution in [0, 0.1) is 12.7 Å². The highest BCUT2D eigenvalue weighted by Crippen LogP contribution is 2.32. The first-order valence-corrected chi connectivity index (χ1v) is 7.39. The Kier molecular flexibility index (Phi) is 3.31. The van der Waals surface area contributed by atoms with Crippen molar-refractivity contribution in [2.45, 2.75) is 6.92 Å². The maximum absolute atomic E-state index is 13.8. The Morgan fingerprint density at radius 1 is 1.30 bits per heavy atom. The molecule has 0 aliphatic carbocycles. The van der Waals surface area contributed by atoms with Gasteiger partial charge in [0.2, 0.25) is 5.95 Å². The van der Waals surface area contributed by atoms with E-state index in [1.807, 2.05) is 13.0 Å². The molecule has 0 fully saturated rings. The molecule has 0 spiro atoms. The van der Waals surface area contributed by atoms with Crippen LogP contribution in [0.1, 0.15) is 4.88 Å². The Labute approximate surface area is 127 Å². The molecule has 20 heavy (non-hydrogen) atoms. The number of nitrogens with one attached hydrogen (secondary N) is 1. The molecule has 0 aliphatic rings. The Morgan fingerprint density at radius 3 is 2.90 bits per heavy atom. The van der Waals surface area contributed by atoms with Crippen LogP contribution >= 0.6 is 27.3 Å². The number of hydrogen-bond donors (Lipinski definition) is 2. The molecule has 4 nitrogen and oxygen atoms in total. The van der Waals surface area contributed by atoms with Gasteiger partial charge < -0.3 is 11.1 Å². The van der Waals surface area contributed by atoms with Gasteiger partial charge in [-0.2, -0.15) is 4.98 Å². The fourth-order valence-electron chi connectivity index (χ4n) is 1.87. The van der Waals surface area contributed by atoms with E-state index in [0.29, 0.717) is 11.5 Å². The average Bonchev–Trinajstić information content (AvgIpc) is 2.74. The number of hydrogen-bond acceptors (Lipinski definition) is 5. The van der Waals surface area contributed by atoms with Crippen LogP contribution in [0.2, 0.25) is 0 Å². The van der Waals surface area contributed by atoms with Crippen LogP contribution in [-0.2, 0) is 0 Å². The first-order valence-electron chi connectivity index (χ1n) is 5.78. The second-order valence-corrected chi connectivity index (χ2v) is 6.41. The molecular weight excluding hydrogens is 343 g/mol. The van der Waals surface area contributed by atoms with Crippen molar-refractivity contribution in [3.05, 3.63) is 39.4 Å². The lowest BCUT2D eigenvalue weighted by Gasteiger charge is -2.08.